The second-order valence-corrected chi connectivity index (χ2v) is 15.1. The van der Waals surface area contributed by atoms with Gasteiger partial charge in [0.05, 0.1) is 43.0 Å². The van der Waals surface area contributed by atoms with E-state index in [2.05, 4.69) is 10.6 Å². The second kappa shape index (κ2) is 19.3. The maximum Gasteiger partial charge on any atom is 0.215 e. The number of hydrogen-bond donors (Lipinski definition) is 14. The van der Waals surface area contributed by atoms with Crippen LogP contribution in [0.5, 0.6) is 0 Å². The molecule has 4 fully saturated rings. The van der Waals surface area contributed by atoms with Crippen LogP contribution >= 0.6 is 0 Å². The highest BCUT2D eigenvalue weighted by Gasteiger charge is 2.54. The predicted molar refractivity (Wildman–Crippen MR) is 186 cm³/mol. The van der Waals surface area contributed by atoms with E-state index < -0.39 is 116 Å². The van der Waals surface area contributed by atoms with Crippen molar-refractivity contribution in [2.45, 2.75) is 142 Å². The third-order valence-corrected chi connectivity index (χ3v) is 11.1. The van der Waals surface area contributed by atoms with Gasteiger partial charge in [-0.1, -0.05) is 0 Å². The molecule has 20 nitrogen and oxygen atoms in total. The molecule has 0 amide bonds. The average Bonchev–Trinajstić information content (AvgIpc) is 3.44. The van der Waals surface area contributed by atoms with Crippen LogP contribution in [0.4, 0.5) is 0 Å². The smallest absolute Gasteiger partial charge is 0.215 e. The van der Waals surface area contributed by atoms with Gasteiger partial charge in [0.2, 0.25) is 6.29 Å². The van der Waals surface area contributed by atoms with Crippen molar-refractivity contribution >= 4 is 0 Å². The summed E-state index contributed by atoms with van der Waals surface area (Å²) in [6.45, 7) is 1.43. The molecule has 0 aromatic rings. The Morgan fingerprint density at radius 3 is 2.23 bits per heavy atom. The Morgan fingerprint density at radius 2 is 1.55 bits per heavy atom. The van der Waals surface area contributed by atoms with E-state index >= 15 is 0 Å². The van der Waals surface area contributed by atoms with Crippen molar-refractivity contribution in [3.63, 3.8) is 0 Å². The molecule has 0 bridgehead atoms. The highest BCUT2D eigenvalue weighted by atomic mass is 16.8. The summed E-state index contributed by atoms with van der Waals surface area (Å²) in [6, 6.07) is -2.57. The van der Waals surface area contributed by atoms with E-state index in [0.29, 0.717) is 51.0 Å². The molecule has 0 aromatic heterocycles. The van der Waals surface area contributed by atoms with Crippen LogP contribution in [0.2, 0.25) is 0 Å². The first-order valence-electron chi connectivity index (χ1n) is 18.7. The van der Waals surface area contributed by atoms with Gasteiger partial charge in [0.25, 0.3) is 0 Å². The van der Waals surface area contributed by atoms with E-state index in [1.807, 2.05) is 6.08 Å². The fourth-order valence-corrected chi connectivity index (χ4v) is 7.74. The summed E-state index contributed by atoms with van der Waals surface area (Å²) in [5.74, 6) is 0.0923. The van der Waals surface area contributed by atoms with Crippen LogP contribution in [-0.4, -0.2) is 185 Å². The van der Waals surface area contributed by atoms with E-state index in [1.54, 1.807) is 0 Å². The minimum atomic E-state index is -1.57. The Morgan fingerprint density at radius 1 is 0.868 bits per heavy atom. The van der Waals surface area contributed by atoms with Crippen molar-refractivity contribution in [2.75, 3.05) is 45.9 Å². The van der Waals surface area contributed by atoms with Crippen LogP contribution in [0.3, 0.4) is 0 Å². The Kier molecular flexibility index (Phi) is 15.6. The Hall–Kier alpha value is -1.22. The molecule has 53 heavy (non-hydrogen) atoms. The summed E-state index contributed by atoms with van der Waals surface area (Å²) in [5.41, 5.74) is 29.7. The topological polar surface area (TPSA) is 351 Å². The van der Waals surface area contributed by atoms with Gasteiger partial charge in [0, 0.05) is 25.7 Å². The quantitative estimate of drug-likeness (QED) is 0.0694. The van der Waals surface area contributed by atoms with Crippen LogP contribution in [0.15, 0.2) is 11.8 Å². The molecule has 1 unspecified atom stereocenters. The molecule has 17 atom stereocenters. The molecule has 0 spiro atoms. The fraction of sp³-hybridized carbons (Fsp3) is 0.939. The lowest BCUT2D eigenvalue weighted by Crippen LogP contribution is -2.64. The normalized spacial score (nSPS) is 44.0. The minimum absolute atomic E-state index is 0.0427. The van der Waals surface area contributed by atoms with Crippen LogP contribution in [0.25, 0.3) is 0 Å². The number of nitrogens with one attached hydrogen (secondary N) is 2. The Balaban J connectivity index is 1.28. The number of nitrogens with two attached hydrogens (primary N) is 5. The maximum atomic E-state index is 11.7. The van der Waals surface area contributed by atoms with Gasteiger partial charge in [-0.05, 0) is 63.6 Å². The molecule has 5 aliphatic rings. The van der Waals surface area contributed by atoms with Gasteiger partial charge in [0.1, 0.15) is 54.6 Å². The van der Waals surface area contributed by atoms with E-state index in [1.165, 1.54) is 0 Å². The number of aliphatic hydroxyl groups excluding tert-OH is 6. The molecule has 4 heterocycles. The van der Waals surface area contributed by atoms with Gasteiger partial charge in [0.15, 0.2) is 12.6 Å². The second-order valence-electron chi connectivity index (χ2n) is 15.1. The maximum absolute atomic E-state index is 11.7. The van der Waals surface area contributed by atoms with Crippen LogP contribution in [0.1, 0.15) is 38.5 Å². The third-order valence-electron chi connectivity index (χ3n) is 11.1. The lowest BCUT2D eigenvalue weighted by Gasteiger charge is -2.46. The van der Waals surface area contributed by atoms with Crippen molar-refractivity contribution in [1.29, 1.82) is 0 Å². The number of piperidine rings is 1. The molecule has 0 aromatic carbocycles. The first-order valence-corrected chi connectivity index (χ1v) is 18.7. The lowest BCUT2D eigenvalue weighted by molar-refractivity contribution is -0.283. The predicted octanol–water partition coefficient (Wildman–Crippen LogP) is -6.58. The van der Waals surface area contributed by atoms with Crippen LogP contribution in [-0.2, 0) is 28.4 Å². The van der Waals surface area contributed by atoms with Crippen molar-refractivity contribution < 1.29 is 64.2 Å². The zero-order chi connectivity index (χ0) is 38.4. The molecular formula is C33H63N7O13. The first-order chi connectivity index (χ1) is 25.3. The minimum Gasteiger partial charge on any atom is -0.467 e. The van der Waals surface area contributed by atoms with Gasteiger partial charge in [-0.2, -0.15) is 0 Å². The van der Waals surface area contributed by atoms with E-state index in [0.717, 1.165) is 13.1 Å². The van der Waals surface area contributed by atoms with Gasteiger partial charge >= 0.3 is 0 Å². The van der Waals surface area contributed by atoms with Crippen LogP contribution in [0, 0.1) is 5.92 Å². The number of hydrogen-bond acceptors (Lipinski definition) is 20. The molecule has 1 saturated carbocycles. The molecule has 0 radical (unpaired) electrons. The Labute approximate surface area is 309 Å². The number of aliphatic hydroxyl groups is 7. The summed E-state index contributed by atoms with van der Waals surface area (Å²) >= 11 is 0. The Bertz CT molecular complexity index is 1160. The zero-order valence-corrected chi connectivity index (χ0v) is 30.1. The largest absolute Gasteiger partial charge is 0.467 e. The molecular weight excluding hydrogens is 702 g/mol. The monoisotopic (exact) mass is 765 g/mol. The molecule has 5 rings (SSSR count). The average molecular weight is 766 g/mol. The summed E-state index contributed by atoms with van der Waals surface area (Å²) in [6.07, 6.45) is -11.5. The molecule has 4 aliphatic heterocycles. The fourth-order valence-electron chi connectivity index (χ4n) is 7.74. The van der Waals surface area contributed by atoms with Crippen molar-refractivity contribution in [3.8, 4) is 0 Å². The summed E-state index contributed by atoms with van der Waals surface area (Å²) in [4.78, 5) is 0. The van der Waals surface area contributed by atoms with Gasteiger partial charge in [-0.3, -0.25) is 0 Å². The van der Waals surface area contributed by atoms with Crippen LogP contribution < -0.4 is 39.3 Å². The van der Waals surface area contributed by atoms with Gasteiger partial charge in [-0.25, -0.2) is 0 Å². The van der Waals surface area contributed by atoms with E-state index in [4.69, 9.17) is 57.1 Å². The number of rotatable bonds is 16. The summed E-state index contributed by atoms with van der Waals surface area (Å²) in [7, 11) is 0. The van der Waals surface area contributed by atoms with Crippen molar-refractivity contribution in [1.82, 2.24) is 10.6 Å². The molecule has 19 N–H and O–H groups in total. The molecule has 1 aliphatic carbocycles. The third kappa shape index (κ3) is 10.4. The summed E-state index contributed by atoms with van der Waals surface area (Å²) in [5, 5.41) is 81.6. The van der Waals surface area contributed by atoms with Gasteiger partial charge < -0.3 is 103 Å². The van der Waals surface area contributed by atoms with E-state index in [-0.39, 0.29) is 19.5 Å². The van der Waals surface area contributed by atoms with Crippen molar-refractivity contribution in [2.24, 2.45) is 34.6 Å². The highest BCUT2D eigenvalue weighted by Crippen LogP contribution is 2.37. The standard InChI is InChI=1S/C33H63N7O13/c34-10-16(42)2-1-15-9-19(37)27(51-30-18(36)4-3-17(48-30)12-40-14-33(47)5-7-39-8-6-33)29(23(15)43)53-32-26(46)28(21(13-41)50-32)52-31-22(38)25(45)24(44)20(11-35)49-31/h3,15-16,18-32,39-47H,1-2,4-14,34-38H2/t15-,16?,18-,19+,20+,21-,22-,23+,24-,25-,26-,27-,28-,29-,30-,31-,32+/m1/s1. The number of ether oxygens (including phenoxy) is 6. The lowest BCUT2D eigenvalue weighted by atomic mass is 9.77. The van der Waals surface area contributed by atoms with Gasteiger partial charge in [-0.15, -0.1) is 0 Å². The zero-order valence-electron chi connectivity index (χ0n) is 30.1. The molecule has 20 heteroatoms. The molecule has 3 saturated heterocycles. The van der Waals surface area contributed by atoms with E-state index in [9.17, 15) is 35.7 Å². The van der Waals surface area contributed by atoms with Crippen molar-refractivity contribution in [3.05, 3.63) is 11.8 Å². The molecule has 308 valence electrons. The summed E-state index contributed by atoms with van der Waals surface area (Å²) < 4.78 is 36.4. The first kappa shape index (κ1) is 42.9. The SMILES string of the molecule is NCC(O)CC[C@@H]1C[C@H](N)[C@@H](O[C@H]2OC(CNCC3(O)CCNCC3)=CC[C@H]2N)[C@H](O[C@@H]2O[C@H](CO)[C@@H](O[C@H]3O[C@@H](CN)[C@@H](O)[C@H](O)[C@H]3N)[C@H]2O)[C@H]1O. The highest BCUT2D eigenvalue weighted by molar-refractivity contribution is 5.05.